The molecule has 2 heteroatoms. The molecule has 0 bridgehead atoms. The van der Waals surface area contributed by atoms with Gasteiger partial charge in [-0.25, -0.2) is 0 Å². The van der Waals surface area contributed by atoms with E-state index in [4.69, 9.17) is 0 Å². The lowest BCUT2D eigenvalue weighted by atomic mass is 9.88. The number of hydrogen-bond acceptors (Lipinski definition) is 2. The van der Waals surface area contributed by atoms with Crippen LogP contribution in [0.4, 0.5) is 17.1 Å². The normalized spacial score (nSPS) is 13.1. The van der Waals surface area contributed by atoms with E-state index in [1.54, 1.807) is 0 Å². The van der Waals surface area contributed by atoms with Crippen molar-refractivity contribution in [1.82, 2.24) is 0 Å². The molecule has 1 heterocycles. The summed E-state index contributed by atoms with van der Waals surface area (Å²) in [6.07, 6.45) is 0. The fraction of sp³-hybridized carbons (Fsp3) is 0.0182. The van der Waals surface area contributed by atoms with Crippen molar-refractivity contribution in [2.75, 3.05) is 4.90 Å². The Hall–Kier alpha value is -7.00. The quantitative estimate of drug-likeness (QED) is 0.157. The van der Waals surface area contributed by atoms with Crippen molar-refractivity contribution in [3.05, 3.63) is 235 Å². The summed E-state index contributed by atoms with van der Waals surface area (Å²) in [7, 11) is 0. The molecule has 57 heavy (non-hydrogen) atoms. The SMILES string of the molecule is c1ccc(-c2ccc(N(c3ccc(-c4ccccc4)cc3)c3ccc(-c4ccc5c(c4)-c4ccccc4C5c4cccc5c4sc4ccccc45)cc3)cc2)cc1. The number of fused-ring (bicyclic) bond motifs is 6. The minimum atomic E-state index is 0.194. The molecule has 0 spiro atoms. The Morgan fingerprint density at radius 3 is 1.40 bits per heavy atom. The molecule has 268 valence electrons. The zero-order valence-electron chi connectivity index (χ0n) is 31.2. The Balaban J connectivity index is 0.964. The van der Waals surface area contributed by atoms with Crippen molar-refractivity contribution >= 4 is 48.6 Å². The lowest BCUT2D eigenvalue weighted by molar-refractivity contribution is 1.03. The molecule has 1 aromatic heterocycles. The van der Waals surface area contributed by atoms with Crippen molar-refractivity contribution in [3.63, 3.8) is 0 Å². The highest BCUT2D eigenvalue weighted by Gasteiger charge is 2.31. The van der Waals surface area contributed by atoms with Crippen LogP contribution in [0.25, 0.3) is 64.7 Å². The largest absolute Gasteiger partial charge is 0.311 e. The molecule has 1 aliphatic rings. The zero-order valence-corrected chi connectivity index (χ0v) is 32.0. The molecule has 1 atom stereocenters. The van der Waals surface area contributed by atoms with Gasteiger partial charge in [0.05, 0.1) is 0 Å². The summed E-state index contributed by atoms with van der Waals surface area (Å²) in [4.78, 5) is 2.35. The van der Waals surface area contributed by atoms with Gasteiger partial charge >= 0.3 is 0 Å². The molecule has 0 radical (unpaired) electrons. The van der Waals surface area contributed by atoms with E-state index in [-0.39, 0.29) is 5.92 Å². The van der Waals surface area contributed by atoms with E-state index in [1.807, 2.05) is 11.3 Å². The third kappa shape index (κ3) is 5.85. The standard InChI is InChI=1S/C55H37NS/c1-3-12-37(13-4-1)39-22-29-43(30-23-39)56(44-31-24-40(25-32-44)38-14-5-2-6-15-38)45-33-26-41(27-34-45)42-28-35-49-52(36-42)46-16-7-8-18-48(46)54(49)51-20-11-19-50-47-17-9-10-21-53(47)57-55(50)51/h1-36,54H. The molecular weight excluding hydrogens is 707 g/mol. The average molecular weight is 744 g/mol. The van der Waals surface area contributed by atoms with Gasteiger partial charge in [0.15, 0.2) is 0 Å². The van der Waals surface area contributed by atoms with E-state index in [0.717, 1.165) is 17.1 Å². The molecular formula is C55H37NS. The molecule has 1 aliphatic carbocycles. The highest BCUT2D eigenvalue weighted by molar-refractivity contribution is 7.26. The first-order valence-electron chi connectivity index (χ1n) is 19.6. The van der Waals surface area contributed by atoms with Crippen molar-refractivity contribution in [1.29, 1.82) is 0 Å². The van der Waals surface area contributed by atoms with Crippen molar-refractivity contribution in [2.24, 2.45) is 0 Å². The smallest absolute Gasteiger partial charge is 0.0462 e. The van der Waals surface area contributed by atoms with Crippen LogP contribution >= 0.6 is 11.3 Å². The van der Waals surface area contributed by atoms with Gasteiger partial charge in [-0.1, -0.05) is 170 Å². The lowest BCUT2D eigenvalue weighted by Gasteiger charge is -2.26. The van der Waals surface area contributed by atoms with Gasteiger partial charge in [-0.15, -0.1) is 11.3 Å². The average Bonchev–Trinajstić information content (AvgIpc) is 3.84. The number of hydrogen-bond donors (Lipinski definition) is 0. The van der Waals surface area contributed by atoms with Gasteiger partial charge in [0, 0.05) is 43.2 Å². The summed E-state index contributed by atoms with van der Waals surface area (Å²) in [6, 6.07) is 79.8. The van der Waals surface area contributed by atoms with Gasteiger partial charge in [-0.05, 0) is 110 Å². The molecule has 10 aromatic rings. The summed E-state index contributed by atoms with van der Waals surface area (Å²) in [6.45, 7) is 0. The third-order valence-corrected chi connectivity index (χ3v) is 12.8. The van der Waals surface area contributed by atoms with Crippen LogP contribution in [-0.4, -0.2) is 0 Å². The Morgan fingerprint density at radius 2 is 0.772 bits per heavy atom. The van der Waals surface area contributed by atoms with Crippen molar-refractivity contribution < 1.29 is 0 Å². The van der Waals surface area contributed by atoms with E-state index in [9.17, 15) is 0 Å². The van der Waals surface area contributed by atoms with Crippen LogP contribution in [0.1, 0.15) is 22.6 Å². The molecule has 1 nitrogen and oxygen atoms in total. The monoisotopic (exact) mass is 743 g/mol. The molecule has 0 N–H and O–H groups in total. The van der Waals surface area contributed by atoms with Crippen LogP contribution < -0.4 is 4.90 Å². The topological polar surface area (TPSA) is 3.24 Å². The van der Waals surface area contributed by atoms with Gasteiger partial charge in [0.25, 0.3) is 0 Å². The molecule has 0 fully saturated rings. The number of anilines is 3. The summed E-state index contributed by atoms with van der Waals surface area (Å²) >= 11 is 1.92. The molecule has 11 rings (SSSR count). The summed E-state index contributed by atoms with van der Waals surface area (Å²) in [5.41, 5.74) is 17.4. The second kappa shape index (κ2) is 13.9. The highest BCUT2D eigenvalue weighted by Crippen LogP contribution is 2.52. The fourth-order valence-electron chi connectivity index (χ4n) is 8.83. The molecule has 0 amide bonds. The van der Waals surface area contributed by atoms with Gasteiger partial charge in [0.2, 0.25) is 0 Å². The maximum atomic E-state index is 2.41. The molecule has 1 unspecified atom stereocenters. The second-order valence-corrected chi connectivity index (χ2v) is 15.9. The van der Waals surface area contributed by atoms with Crippen LogP contribution in [0.2, 0.25) is 0 Å². The van der Waals surface area contributed by atoms with Crippen LogP contribution in [0, 0.1) is 0 Å². The van der Waals surface area contributed by atoms with Gasteiger partial charge in [-0.3, -0.25) is 0 Å². The number of thiophene rings is 1. The predicted molar refractivity (Wildman–Crippen MR) is 243 cm³/mol. The van der Waals surface area contributed by atoms with Crippen LogP contribution in [0.5, 0.6) is 0 Å². The van der Waals surface area contributed by atoms with E-state index in [2.05, 4.69) is 223 Å². The molecule has 0 aliphatic heterocycles. The Kier molecular flexibility index (Phi) is 8.15. The first-order valence-corrected chi connectivity index (χ1v) is 20.4. The second-order valence-electron chi connectivity index (χ2n) is 14.9. The minimum absolute atomic E-state index is 0.194. The maximum absolute atomic E-state index is 2.41. The fourth-order valence-corrected chi connectivity index (χ4v) is 10.1. The first kappa shape index (κ1) is 33.3. The summed E-state index contributed by atoms with van der Waals surface area (Å²) in [5, 5.41) is 2.70. The molecule has 0 saturated heterocycles. The highest BCUT2D eigenvalue weighted by atomic mass is 32.1. The number of rotatable bonds is 7. The van der Waals surface area contributed by atoms with Crippen molar-refractivity contribution in [3.8, 4) is 44.5 Å². The van der Waals surface area contributed by atoms with E-state index < -0.39 is 0 Å². The Morgan fingerprint density at radius 1 is 0.316 bits per heavy atom. The van der Waals surface area contributed by atoms with Gasteiger partial charge in [0.1, 0.15) is 0 Å². The molecule has 9 aromatic carbocycles. The van der Waals surface area contributed by atoms with Crippen LogP contribution in [-0.2, 0) is 0 Å². The number of nitrogens with zero attached hydrogens (tertiary/aromatic N) is 1. The summed E-state index contributed by atoms with van der Waals surface area (Å²) < 4.78 is 2.73. The maximum Gasteiger partial charge on any atom is 0.0462 e. The molecule has 0 saturated carbocycles. The third-order valence-electron chi connectivity index (χ3n) is 11.6. The van der Waals surface area contributed by atoms with Gasteiger partial charge in [-0.2, -0.15) is 0 Å². The van der Waals surface area contributed by atoms with E-state index in [1.165, 1.54) is 81.4 Å². The number of benzene rings is 9. The van der Waals surface area contributed by atoms with E-state index >= 15 is 0 Å². The lowest BCUT2D eigenvalue weighted by Crippen LogP contribution is -2.09. The minimum Gasteiger partial charge on any atom is -0.311 e. The van der Waals surface area contributed by atoms with Crippen molar-refractivity contribution in [2.45, 2.75) is 5.92 Å². The van der Waals surface area contributed by atoms with Crippen LogP contribution in [0.3, 0.4) is 0 Å². The van der Waals surface area contributed by atoms with Gasteiger partial charge < -0.3 is 4.90 Å². The summed E-state index contributed by atoms with van der Waals surface area (Å²) in [5.74, 6) is 0.194. The Labute approximate surface area is 337 Å². The van der Waals surface area contributed by atoms with E-state index in [0.29, 0.717) is 0 Å². The first-order chi connectivity index (χ1) is 28.3. The van der Waals surface area contributed by atoms with Crippen LogP contribution in [0.15, 0.2) is 218 Å². The Bertz CT molecular complexity index is 2950. The predicted octanol–water partition coefficient (Wildman–Crippen LogP) is 15.7. The zero-order chi connectivity index (χ0) is 37.7.